The number of hydrogen-bond donors (Lipinski definition) is 1. The van der Waals surface area contributed by atoms with Crippen LogP contribution in [-0.4, -0.2) is 46.1 Å². The van der Waals surface area contributed by atoms with Gasteiger partial charge in [-0.25, -0.2) is 9.69 Å². The zero-order valence-corrected chi connectivity index (χ0v) is 16.7. The average molecular weight is 399 g/mol. The lowest BCUT2D eigenvalue weighted by atomic mass is 10.0. The molecule has 0 bridgehead atoms. The molecular weight excluding hydrogens is 378 g/mol. The van der Waals surface area contributed by atoms with Gasteiger partial charge in [0.25, 0.3) is 0 Å². The van der Waals surface area contributed by atoms with Crippen molar-refractivity contribution < 1.29 is 19.2 Å². The van der Waals surface area contributed by atoms with Crippen LogP contribution in [0.3, 0.4) is 0 Å². The Morgan fingerprint density at radius 3 is 2.29 bits per heavy atom. The molecule has 7 nitrogen and oxygen atoms in total. The van der Waals surface area contributed by atoms with E-state index in [-0.39, 0.29) is 0 Å². The lowest BCUT2D eigenvalue weighted by molar-refractivity contribution is -0.144. The molecule has 2 aromatic rings. The number of urea groups is 1. The Labute approximate surface area is 166 Å². The van der Waals surface area contributed by atoms with Crippen molar-refractivity contribution in [1.29, 1.82) is 0 Å². The first-order valence-electron chi connectivity index (χ1n) is 8.88. The van der Waals surface area contributed by atoms with Gasteiger partial charge in [-0.2, -0.15) is 0 Å². The number of carbonyl (C=O) groups excluding carboxylic acids is 4. The quantitative estimate of drug-likeness (QED) is 0.597. The van der Waals surface area contributed by atoms with E-state index >= 15 is 0 Å². The molecule has 1 aromatic heterocycles. The summed E-state index contributed by atoms with van der Waals surface area (Å²) in [5, 5.41) is 4.79. The number of aryl methyl sites for hydroxylation is 1. The monoisotopic (exact) mass is 399 g/mol. The molecule has 1 fully saturated rings. The third kappa shape index (κ3) is 3.82. The zero-order chi connectivity index (χ0) is 20.4. The van der Waals surface area contributed by atoms with Crippen LogP contribution in [0.4, 0.5) is 4.79 Å². The molecule has 0 saturated carbocycles. The third-order valence-corrected chi connectivity index (χ3v) is 5.38. The van der Waals surface area contributed by atoms with Crippen LogP contribution in [0.1, 0.15) is 35.9 Å². The molecule has 1 aliphatic heterocycles. The fraction of sp³-hybridized carbons (Fsp3) is 0.300. The van der Waals surface area contributed by atoms with E-state index < -0.39 is 42.4 Å². The normalized spacial score (nSPS) is 15.5. The highest BCUT2D eigenvalue weighted by Crippen LogP contribution is 2.26. The molecule has 1 aliphatic rings. The van der Waals surface area contributed by atoms with Gasteiger partial charge in [0.2, 0.25) is 5.91 Å². The molecule has 0 aliphatic carbocycles. The highest BCUT2D eigenvalue weighted by molar-refractivity contribution is 7.10. The Bertz CT molecular complexity index is 906. The van der Waals surface area contributed by atoms with E-state index in [0.29, 0.717) is 4.90 Å². The summed E-state index contributed by atoms with van der Waals surface area (Å²) in [5.74, 6) is -2.39. The largest absolute Gasteiger partial charge is 0.343 e. The lowest BCUT2D eigenvalue weighted by Gasteiger charge is -2.21. The van der Waals surface area contributed by atoms with Gasteiger partial charge in [-0.1, -0.05) is 35.9 Å². The van der Waals surface area contributed by atoms with Crippen LogP contribution in [0, 0.1) is 6.92 Å². The number of nitrogens with zero attached hydrogens (tertiary/aromatic N) is 2. The minimum absolute atomic E-state index is 0.405. The summed E-state index contributed by atoms with van der Waals surface area (Å²) in [6.45, 7) is 4.75. The fourth-order valence-electron chi connectivity index (χ4n) is 3.00. The van der Waals surface area contributed by atoms with Crippen LogP contribution in [0.25, 0.3) is 0 Å². The molecule has 1 aromatic carbocycles. The number of hydrogen-bond acceptors (Lipinski definition) is 5. The molecule has 1 unspecified atom stereocenters. The summed E-state index contributed by atoms with van der Waals surface area (Å²) in [6.07, 6.45) is 0. The van der Waals surface area contributed by atoms with Crippen molar-refractivity contribution in [3.8, 4) is 0 Å². The van der Waals surface area contributed by atoms with E-state index in [0.717, 1.165) is 20.9 Å². The number of nitrogens with one attached hydrogen (secondary N) is 1. The topological polar surface area (TPSA) is 86.8 Å². The SMILES string of the molecule is Cc1ccc(C(NC(=O)CN2C(=O)C(=O)N(C(C)C)C2=O)c2cccs2)cc1. The van der Waals surface area contributed by atoms with E-state index in [1.807, 2.05) is 48.7 Å². The summed E-state index contributed by atoms with van der Waals surface area (Å²) in [6, 6.07) is 9.94. The van der Waals surface area contributed by atoms with Gasteiger partial charge in [0, 0.05) is 10.9 Å². The van der Waals surface area contributed by atoms with Gasteiger partial charge in [-0.15, -0.1) is 11.3 Å². The second-order valence-electron chi connectivity index (χ2n) is 6.87. The van der Waals surface area contributed by atoms with Gasteiger partial charge in [-0.3, -0.25) is 19.3 Å². The predicted octanol–water partition coefficient (Wildman–Crippen LogP) is 2.46. The highest BCUT2D eigenvalue weighted by Gasteiger charge is 2.46. The molecule has 3 rings (SSSR count). The van der Waals surface area contributed by atoms with E-state index in [2.05, 4.69) is 5.32 Å². The summed E-state index contributed by atoms with van der Waals surface area (Å²) in [4.78, 5) is 51.6. The number of carbonyl (C=O) groups is 4. The molecule has 8 heteroatoms. The third-order valence-electron chi connectivity index (χ3n) is 4.45. The Balaban J connectivity index is 1.78. The molecule has 0 radical (unpaired) electrons. The van der Waals surface area contributed by atoms with Gasteiger partial charge >= 0.3 is 17.8 Å². The standard InChI is InChI=1S/C20H21N3O4S/c1-12(2)23-19(26)18(25)22(20(23)27)11-16(24)21-17(15-5-4-10-28-15)14-8-6-13(3)7-9-14/h4-10,12,17H,11H2,1-3H3,(H,21,24). The van der Waals surface area contributed by atoms with Crippen molar-refractivity contribution in [3.63, 3.8) is 0 Å². The molecule has 0 spiro atoms. The summed E-state index contributed by atoms with van der Waals surface area (Å²) < 4.78 is 0. The van der Waals surface area contributed by atoms with Crippen molar-refractivity contribution in [2.24, 2.45) is 0 Å². The summed E-state index contributed by atoms with van der Waals surface area (Å²) >= 11 is 1.50. The van der Waals surface area contributed by atoms with Gasteiger partial charge in [0.05, 0.1) is 6.04 Å². The van der Waals surface area contributed by atoms with Crippen molar-refractivity contribution in [1.82, 2.24) is 15.1 Å². The second kappa shape index (κ2) is 7.93. The molecule has 5 amide bonds. The molecule has 2 heterocycles. The average Bonchev–Trinajstić information content (AvgIpc) is 3.24. The predicted molar refractivity (Wildman–Crippen MR) is 105 cm³/mol. The van der Waals surface area contributed by atoms with Crippen LogP contribution < -0.4 is 5.32 Å². The Hall–Kier alpha value is -3.00. The van der Waals surface area contributed by atoms with Crippen molar-refractivity contribution >= 4 is 35.1 Å². The minimum Gasteiger partial charge on any atom is -0.343 e. The smallest absolute Gasteiger partial charge is 0.334 e. The first kappa shape index (κ1) is 19.8. The van der Waals surface area contributed by atoms with E-state index in [4.69, 9.17) is 0 Å². The van der Waals surface area contributed by atoms with E-state index in [9.17, 15) is 19.2 Å². The van der Waals surface area contributed by atoms with Crippen molar-refractivity contribution in [2.45, 2.75) is 32.9 Å². The Morgan fingerprint density at radius 1 is 1.07 bits per heavy atom. The van der Waals surface area contributed by atoms with Crippen molar-refractivity contribution in [3.05, 3.63) is 57.8 Å². The van der Waals surface area contributed by atoms with Gasteiger partial charge in [0.1, 0.15) is 6.54 Å². The molecule has 1 atom stereocenters. The zero-order valence-electron chi connectivity index (χ0n) is 15.8. The molecule has 28 heavy (non-hydrogen) atoms. The van der Waals surface area contributed by atoms with Crippen molar-refractivity contribution in [2.75, 3.05) is 6.54 Å². The van der Waals surface area contributed by atoms with E-state index in [1.165, 1.54) is 11.3 Å². The minimum atomic E-state index is -0.975. The lowest BCUT2D eigenvalue weighted by Crippen LogP contribution is -2.43. The maximum Gasteiger partial charge on any atom is 0.334 e. The van der Waals surface area contributed by atoms with Crippen LogP contribution in [0.15, 0.2) is 41.8 Å². The van der Waals surface area contributed by atoms with Crippen LogP contribution in [0.2, 0.25) is 0 Å². The van der Waals surface area contributed by atoms with Gasteiger partial charge < -0.3 is 5.32 Å². The van der Waals surface area contributed by atoms with Crippen LogP contribution >= 0.6 is 11.3 Å². The molecular formula is C20H21N3O4S. The molecule has 1 saturated heterocycles. The number of rotatable bonds is 6. The van der Waals surface area contributed by atoms with E-state index in [1.54, 1.807) is 13.8 Å². The number of amides is 5. The maximum atomic E-state index is 12.6. The number of benzene rings is 1. The van der Waals surface area contributed by atoms with Gasteiger partial charge in [-0.05, 0) is 37.8 Å². The second-order valence-corrected chi connectivity index (χ2v) is 7.85. The summed E-state index contributed by atoms with van der Waals surface area (Å²) in [5.41, 5.74) is 1.99. The summed E-state index contributed by atoms with van der Waals surface area (Å²) in [7, 11) is 0. The number of thiophene rings is 1. The number of imide groups is 2. The fourth-order valence-corrected chi connectivity index (χ4v) is 3.80. The Kier molecular flexibility index (Phi) is 5.60. The Morgan fingerprint density at radius 2 is 1.75 bits per heavy atom. The molecule has 146 valence electrons. The van der Waals surface area contributed by atoms with Gasteiger partial charge in [0.15, 0.2) is 0 Å². The highest BCUT2D eigenvalue weighted by atomic mass is 32.1. The maximum absolute atomic E-state index is 12.6. The first-order chi connectivity index (χ1) is 13.3. The first-order valence-corrected chi connectivity index (χ1v) is 9.76. The molecule has 1 N–H and O–H groups in total. The van der Waals surface area contributed by atoms with Crippen LogP contribution in [0.5, 0.6) is 0 Å². The van der Waals surface area contributed by atoms with Crippen LogP contribution in [-0.2, 0) is 14.4 Å².